The van der Waals surface area contributed by atoms with Crippen molar-refractivity contribution in [2.45, 2.75) is 136 Å². The number of unbranched alkanes of at least 4 members (excludes halogenated alkanes) is 10. The number of ether oxygens (including phenoxy) is 2. The van der Waals surface area contributed by atoms with Gasteiger partial charge in [-0.1, -0.05) is 101 Å². The fraction of sp³-hybridized carbons (Fsp3) is 0.525. The van der Waals surface area contributed by atoms with Gasteiger partial charge in [-0.15, -0.1) is 17.7 Å². The molecular weight excluding hydrogens is 690 g/mol. The van der Waals surface area contributed by atoms with E-state index >= 15 is 0 Å². The summed E-state index contributed by atoms with van der Waals surface area (Å²) in [4.78, 5) is 12.8. The maximum atomic E-state index is 12.8. The molecule has 3 aromatic rings. The molecule has 0 heterocycles. The molecule has 7 heteroatoms. The predicted octanol–water partition coefficient (Wildman–Crippen LogP) is 12.0. The number of hydrogen-bond donors (Lipinski definition) is 0. The summed E-state index contributed by atoms with van der Waals surface area (Å²) < 4.78 is 18.3. The predicted molar refractivity (Wildman–Crippen MR) is 199 cm³/mol. The second kappa shape index (κ2) is 21.5. The van der Waals surface area contributed by atoms with Gasteiger partial charge in [0.15, 0.2) is 16.6 Å². The van der Waals surface area contributed by atoms with Crippen LogP contribution in [-0.4, -0.2) is 28.7 Å². The Balaban J connectivity index is 0.00000768. The van der Waals surface area contributed by atoms with Crippen LogP contribution in [0.2, 0.25) is 38.8 Å². The second-order valence-electron chi connectivity index (χ2n) is 14.4. The molecule has 0 aliphatic carbocycles. The molecular formula is C40H59O4Si2Y-. The third kappa shape index (κ3) is 17.1. The van der Waals surface area contributed by atoms with Crippen LogP contribution >= 0.6 is 0 Å². The average Bonchev–Trinajstić information content (AvgIpc) is 2.99. The first kappa shape index (κ1) is 41.6. The normalized spacial score (nSPS) is 12.3. The molecule has 4 nitrogen and oxygen atoms in total. The summed E-state index contributed by atoms with van der Waals surface area (Å²) >= 11 is 0. The van der Waals surface area contributed by atoms with Gasteiger partial charge in [-0.25, -0.2) is 4.79 Å². The Morgan fingerprint density at radius 2 is 1.28 bits per heavy atom. The summed E-state index contributed by atoms with van der Waals surface area (Å²) in [5, 5.41) is 0. The average molecular weight is 749 g/mol. The molecule has 0 saturated heterocycles. The Labute approximate surface area is 313 Å². The summed E-state index contributed by atoms with van der Waals surface area (Å²) in [6.07, 6.45) is 16.0. The number of carbonyl (C=O) groups is 1. The molecule has 0 saturated carbocycles. The van der Waals surface area contributed by atoms with Gasteiger partial charge in [0.05, 0.1) is 11.7 Å². The molecule has 0 N–H and O–H groups in total. The number of esters is 1. The van der Waals surface area contributed by atoms with Crippen molar-refractivity contribution in [3.8, 4) is 22.6 Å². The first-order valence-electron chi connectivity index (χ1n) is 17.7. The van der Waals surface area contributed by atoms with E-state index in [0.29, 0.717) is 11.3 Å². The molecule has 0 aliphatic rings. The third-order valence-electron chi connectivity index (χ3n) is 8.13. The molecule has 255 valence electrons. The first-order chi connectivity index (χ1) is 21.9. The minimum atomic E-state index is -1.79. The number of hydrogen-bond acceptors (Lipinski definition) is 4. The molecule has 0 spiro atoms. The summed E-state index contributed by atoms with van der Waals surface area (Å²) in [7, 11) is -3.36. The van der Waals surface area contributed by atoms with E-state index in [1.54, 1.807) is 0 Å². The van der Waals surface area contributed by atoms with E-state index in [1.165, 1.54) is 76.2 Å². The van der Waals surface area contributed by atoms with Crippen LogP contribution in [0.3, 0.4) is 0 Å². The topological polar surface area (TPSA) is 44.8 Å². The second-order valence-corrected chi connectivity index (χ2v) is 23.4. The number of rotatable bonds is 21. The van der Waals surface area contributed by atoms with Crippen molar-refractivity contribution in [3.63, 3.8) is 0 Å². The smallest absolute Gasteiger partial charge is 0.343 e. The summed E-state index contributed by atoms with van der Waals surface area (Å²) in [5.74, 6) is 0.938. The molecule has 1 unspecified atom stereocenters. The summed E-state index contributed by atoms with van der Waals surface area (Å²) in [6.45, 7) is 15.7. The Hall–Kier alpha value is -1.57. The van der Waals surface area contributed by atoms with E-state index in [-0.39, 0.29) is 44.8 Å². The van der Waals surface area contributed by atoms with Crippen LogP contribution in [0, 0.1) is 6.07 Å². The Kier molecular flexibility index (Phi) is 19.0. The molecule has 1 radical (unpaired) electrons. The van der Waals surface area contributed by atoms with Crippen molar-refractivity contribution >= 4 is 22.6 Å². The number of benzene rings is 3. The van der Waals surface area contributed by atoms with Crippen molar-refractivity contribution in [2.24, 2.45) is 0 Å². The van der Waals surface area contributed by atoms with Crippen LogP contribution in [0.5, 0.6) is 11.5 Å². The van der Waals surface area contributed by atoms with Crippen molar-refractivity contribution in [1.82, 2.24) is 0 Å². The molecule has 0 aliphatic heterocycles. The van der Waals surface area contributed by atoms with Gasteiger partial charge in [-0.3, -0.25) is 0 Å². The Morgan fingerprint density at radius 1 is 0.723 bits per heavy atom. The van der Waals surface area contributed by atoms with E-state index in [4.69, 9.17) is 13.6 Å². The van der Waals surface area contributed by atoms with Crippen LogP contribution in [0.4, 0.5) is 0 Å². The molecule has 0 aromatic heterocycles. The van der Waals surface area contributed by atoms with Crippen LogP contribution < -0.4 is 9.47 Å². The van der Waals surface area contributed by atoms with Gasteiger partial charge in [-0.2, -0.15) is 12.1 Å². The quantitative estimate of drug-likeness (QED) is 0.0358. The molecule has 0 bridgehead atoms. The van der Waals surface area contributed by atoms with Gasteiger partial charge in [-0.05, 0) is 82.3 Å². The van der Waals surface area contributed by atoms with Gasteiger partial charge in [0, 0.05) is 44.5 Å². The minimum absolute atomic E-state index is 0. The maximum absolute atomic E-state index is 12.8. The number of aryl methyl sites for hydroxylation is 1. The van der Waals surface area contributed by atoms with E-state index in [9.17, 15) is 4.79 Å². The van der Waals surface area contributed by atoms with E-state index in [0.717, 1.165) is 29.3 Å². The molecule has 1 atom stereocenters. The van der Waals surface area contributed by atoms with Gasteiger partial charge in [0.1, 0.15) is 5.75 Å². The molecule has 0 amide bonds. The van der Waals surface area contributed by atoms with Crippen LogP contribution in [0.1, 0.15) is 100 Å². The van der Waals surface area contributed by atoms with Crippen molar-refractivity contribution < 1.29 is 51.1 Å². The van der Waals surface area contributed by atoms with Gasteiger partial charge in [0.25, 0.3) is 0 Å². The van der Waals surface area contributed by atoms with Crippen molar-refractivity contribution in [1.29, 1.82) is 0 Å². The van der Waals surface area contributed by atoms with Crippen molar-refractivity contribution in [2.75, 3.05) is 0 Å². The van der Waals surface area contributed by atoms with E-state index in [2.05, 4.69) is 64.8 Å². The van der Waals surface area contributed by atoms with Crippen LogP contribution in [-0.2, 0) is 43.2 Å². The summed E-state index contributed by atoms with van der Waals surface area (Å²) in [6, 6.07) is 25.7. The van der Waals surface area contributed by atoms with Gasteiger partial charge in [0.2, 0.25) is 0 Å². The Bertz CT molecular complexity index is 1290. The molecule has 0 fully saturated rings. The summed E-state index contributed by atoms with van der Waals surface area (Å²) in [5.41, 5.74) is 3.91. The molecule has 47 heavy (non-hydrogen) atoms. The third-order valence-corrected chi connectivity index (χ3v) is 14.3. The first-order valence-corrected chi connectivity index (χ1v) is 24.3. The van der Waals surface area contributed by atoms with Crippen LogP contribution in [0.15, 0.2) is 66.7 Å². The van der Waals surface area contributed by atoms with Gasteiger partial charge >= 0.3 is 5.97 Å². The largest absolute Gasteiger partial charge is 0.517 e. The minimum Gasteiger partial charge on any atom is -0.517 e. The standard InChI is InChI=1S/C40H59O4Si2.Y/c1-8-9-10-11-12-13-14-15-16-17-18-19-34-20-22-37(23-21-34)40(41)43-39-30-26-36(27-31-39)35-24-28-38(29-25-35)42-33(2)32-46(6,7)44-45(3,4)5;/h20-28,30-31,33H,8-19,32H2,1-7H3;/q-1;. The zero-order valence-corrected chi connectivity index (χ0v) is 35.2. The monoisotopic (exact) mass is 748 g/mol. The zero-order chi connectivity index (χ0) is 33.4. The van der Waals surface area contributed by atoms with E-state index < -0.39 is 16.6 Å². The maximum Gasteiger partial charge on any atom is 0.343 e. The zero-order valence-electron chi connectivity index (χ0n) is 30.3. The Morgan fingerprint density at radius 3 is 1.81 bits per heavy atom. The van der Waals surface area contributed by atoms with Crippen LogP contribution in [0.25, 0.3) is 11.1 Å². The molecule has 3 rings (SSSR count). The van der Waals surface area contributed by atoms with Crippen molar-refractivity contribution in [3.05, 3.63) is 83.9 Å². The van der Waals surface area contributed by atoms with Gasteiger partial charge < -0.3 is 13.6 Å². The van der Waals surface area contributed by atoms with E-state index in [1.807, 2.05) is 54.6 Å². The molecule has 3 aromatic carbocycles. The fourth-order valence-electron chi connectivity index (χ4n) is 6.17. The SMILES string of the molecule is CCCCCCCCCCCCCc1ccc(C(=O)Oc2ccc(-c3c[c-]c(OC(C)C[Si](C)(C)O[Si](C)(C)C)cc3)cc2)cc1.[Y]. The number of carbonyl (C=O) groups excluding carboxylic acids is 1. The fourth-order valence-corrected chi connectivity index (χ4v) is 14.6.